The first-order chi connectivity index (χ1) is 9.19. The molecule has 0 aliphatic carbocycles. The molecular formula is C16H25NO2. The van der Waals surface area contributed by atoms with Gasteiger partial charge in [0.1, 0.15) is 5.75 Å². The molecule has 1 saturated heterocycles. The van der Waals surface area contributed by atoms with Gasteiger partial charge in [0.25, 0.3) is 0 Å². The lowest BCUT2D eigenvalue weighted by atomic mass is 9.87. The minimum Gasteiger partial charge on any atom is -0.496 e. The second kappa shape index (κ2) is 6.40. The fraction of sp³-hybridized carbons (Fsp3) is 0.625. The van der Waals surface area contributed by atoms with E-state index in [-0.39, 0.29) is 0 Å². The number of hydrogen-bond acceptors (Lipinski definition) is 3. The average molecular weight is 263 g/mol. The molecule has 2 unspecified atom stereocenters. The molecule has 1 heterocycles. The SMILES string of the molecule is CNC(c1ccc(C)c(C)c1OC)C1CCCOC1. The van der Waals surface area contributed by atoms with E-state index < -0.39 is 0 Å². The van der Waals surface area contributed by atoms with Crippen LogP contribution in [-0.2, 0) is 4.74 Å². The Bertz CT molecular complexity index is 425. The molecule has 1 fully saturated rings. The minimum atomic E-state index is 0.301. The molecule has 1 aromatic rings. The number of nitrogens with one attached hydrogen (secondary N) is 1. The summed E-state index contributed by atoms with van der Waals surface area (Å²) in [5.74, 6) is 1.54. The molecule has 0 bridgehead atoms. The van der Waals surface area contributed by atoms with E-state index in [4.69, 9.17) is 9.47 Å². The number of benzene rings is 1. The zero-order valence-corrected chi connectivity index (χ0v) is 12.5. The van der Waals surface area contributed by atoms with Crippen molar-refractivity contribution >= 4 is 0 Å². The molecule has 0 amide bonds. The van der Waals surface area contributed by atoms with Crippen LogP contribution in [0.1, 0.15) is 35.6 Å². The quantitative estimate of drug-likeness (QED) is 0.906. The van der Waals surface area contributed by atoms with Gasteiger partial charge in [-0.2, -0.15) is 0 Å². The molecule has 19 heavy (non-hydrogen) atoms. The fourth-order valence-electron chi connectivity index (χ4n) is 3.00. The van der Waals surface area contributed by atoms with Crippen molar-refractivity contribution in [3.8, 4) is 5.75 Å². The van der Waals surface area contributed by atoms with Crippen LogP contribution >= 0.6 is 0 Å². The first kappa shape index (κ1) is 14.4. The van der Waals surface area contributed by atoms with Crippen molar-refractivity contribution in [3.05, 3.63) is 28.8 Å². The van der Waals surface area contributed by atoms with Crippen LogP contribution in [0, 0.1) is 19.8 Å². The maximum atomic E-state index is 5.65. The summed E-state index contributed by atoms with van der Waals surface area (Å²) >= 11 is 0. The average Bonchev–Trinajstić information content (AvgIpc) is 2.45. The van der Waals surface area contributed by atoms with Gasteiger partial charge in [-0.25, -0.2) is 0 Å². The molecule has 2 rings (SSSR count). The van der Waals surface area contributed by atoms with E-state index in [1.54, 1.807) is 7.11 Å². The smallest absolute Gasteiger partial charge is 0.126 e. The van der Waals surface area contributed by atoms with Gasteiger partial charge in [0.2, 0.25) is 0 Å². The van der Waals surface area contributed by atoms with Crippen LogP contribution in [0.25, 0.3) is 0 Å². The van der Waals surface area contributed by atoms with E-state index >= 15 is 0 Å². The predicted octanol–water partition coefficient (Wildman–Crippen LogP) is 3.00. The van der Waals surface area contributed by atoms with Crippen LogP contribution in [0.3, 0.4) is 0 Å². The number of hydrogen-bond donors (Lipinski definition) is 1. The summed E-state index contributed by atoms with van der Waals surface area (Å²) in [6.07, 6.45) is 2.36. The maximum absolute atomic E-state index is 5.65. The van der Waals surface area contributed by atoms with Crippen LogP contribution in [-0.4, -0.2) is 27.4 Å². The predicted molar refractivity (Wildman–Crippen MR) is 77.8 cm³/mol. The van der Waals surface area contributed by atoms with E-state index in [1.165, 1.54) is 23.1 Å². The van der Waals surface area contributed by atoms with E-state index in [9.17, 15) is 0 Å². The Morgan fingerprint density at radius 3 is 2.74 bits per heavy atom. The van der Waals surface area contributed by atoms with Crippen molar-refractivity contribution in [1.29, 1.82) is 0 Å². The number of methoxy groups -OCH3 is 1. The summed E-state index contributed by atoms with van der Waals surface area (Å²) in [5, 5.41) is 3.45. The maximum Gasteiger partial charge on any atom is 0.126 e. The Morgan fingerprint density at radius 1 is 1.37 bits per heavy atom. The third-order valence-electron chi connectivity index (χ3n) is 4.22. The van der Waals surface area contributed by atoms with Crippen molar-refractivity contribution in [2.24, 2.45) is 5.92 Å². The van der Waals surface area contributed by atoms with E-state index in [1.807, 2.05) is 7.05 Å². The standard InChI is InChI=1S/C16H25NO2/c1-11-7-8-14(16(18-4)12(11)2)15(17-3)13-6-5-9-19-10-13/h7-8,13,15,17H,5-6,9-10H2,1-4H3. The molecule has 1 aromatic carbocycles. The Labute approximate surface area is 116 Å². The van der Waals surface area contributed by atoms with Crippen LogP contribution in [0.5, 0.6) is 5.75 Å². The van der Waals surface area contributed by atoms with Crippen LogP contribution in [0.15, 0.2) is 12.1 Å². The molecule has 2 atom stereocenters. The van der Waals surface area contributed by atoms with Gasteiger partial charge in [-0.05, 0) is 44.9 Å². The summed E-state index contributed by atoms with van der Waals surface area (Å²) < 4.78 is 11.3. The number of ether oxygens (including phenoxy) is 2. The van der Waals surface area contributed by atoms with Gasteiger partial charge in [-0.15, -0.1) is 0 Å². The highest BCUT2D eigenvalue weighted by Gasteiger charge is 2.27. The summed E-state index contributed by atoms with van der Waals surface area (Å²) in [4.78, 5) is 0. The third-order valence-corrected chi connectivity index (χ3v) is 4.22. The zero-order valence-electron chi connectivity index (χ0n) is 12.5. The minimum absolute atomic E-state index is 0.301. The molecule has 1 N–H and O–H groups in total. The topological polar surface area (TPSA) is 30.5 Å². The molecule has 0 saturated carbocycles. The molecule has 1 aliphatic rings. The largest absolute Gasteiger partial charge is 0.496 e. The monoisotopic (exact) mass is 263 g/mol. The fourth-order valence-corrected chi connectivity index (χ4v) is 3.00. The summed E-state index contributed by atoms with van der Waals surface area (Å²) in [6.45, 7) is 5.99. The molecule has 106 valence electrons. The molecule has 0 spiro atoms. The Balaban J connectivity index is 2.34. The normalized spacial score (nSPS) is 21.2. The Kier molecular flexibility index (Phi) is 4.83. The highest BCUT2D eigenvalue weighted by atomic mass is 16.5. The lowest BCUT2D eigenvalue weighted by molar-refractivity contribution is 0.0398. The molecule has 0 aromatic heterocycles. The van der Waals surface area contributed by atoms with Crippen LogP contribution < -0.4 is 10.1 Å². The van der Waals surface area contributed by atoms with Gasteiger partial charge >= 0.3 is 0 Å². The second-order valence-electron chi connectivity index (χ2n) is 5.37. The number of aryl methyl sites for hydroxylation is 1. The van der Waals surface area contributed by atoms with Crippen molar-refractivity contribution in [1.82, 2.24) is 5.32 Å². The van der Waals surface area contributed by atoms with Gasteiger partial charge in [-0.3, -0.25) is 0 Å². The summed E-state index contributed by atoms with van der Waals surface area (Å²) in [5.41, 5.74) is 3.76. The van der Waals surface area contributed by atoms with Crippen molar-refractivity contribution in [3.63, 3.8) is 0 Å². The van der Waals surface area contributed by atoms with Gasteiger partial charge in [0.15, 0.2) is 0 Å². The highest BCUT2D eigenvalue weighted by Crippen LogP contribution is 2.36. The van der Waals surface area contributed by atoms with Crippen molar-refractivity contribution < 1.29 is 9.47 Å². The molecule has 3 heteroatoms. The first-order valence-electron chi connectivity index (χ1n) is 7.08. The highest BCUT2D eigenvalue weighted by molar-refractivity contribution is 5.47. The molecule has 0 radical (unpaired) electrons. The number of rotatable bonds is 4. The second-order valence-corrected chi connectivity index (χ2v) is 5.37. The van der Waals surface area contributed by atoms with Crippen LogP contribution in [0.2, 0.25) is 0 Å². The van der Waals surface area contributed by atoms with Gasteiger partial charge in [0.05, 0.1) is 13.7 Å². The van der Waals surface area contributed by atoms with E-state index in [0.717, 1.165) is 25.4 Å². The van der Waals surface area contributed by atoms with E-state index in [0.29, 0.717) is 12.0 Å². The lowest BCUT2D eigenvalue weighted by Crippen LogP contribution is -2.31. The molecular weight excluding hydrogens is 238 g/mol. The zero-order chi connectivity index (χ0) is 13.8. The van der Waals surface area contributed by atoms with E-state index in [2.05, 4.69) is 31.3 Å². The van der Waals surface area contributed by atoms with Crippen molar-refractivity contribution in [2.75, 3.05) is 27.4 Å². The molecule has 1 aliphatic heterocycles. The molecule has 3 nitrogen and oxygen atoms in total. The third kappa shape index (κ3) is 2.93. The summed E-state index contributed by atoms with van der Waals surface area (Å²) in [7, 11) is 3.78. The Hall–Kier alpha value is -1.06. The van der Waals surface area contributed by atoms with Crippen molar-refractivity contribution in [2.45, 2.75) is 32.7 Å². The Morgan fingerprint density at radius 2 is 2.16 bits per heavy atom. The van der Waals surface area contributed by atoms with Crippen LogP contribution in [0.4, 0.5) is 0 Å². The lowest BCUT2D eigenvalue weighted by Gasteiger charge is -2.31. The van der Waals surface area contributed by atoms with Gasteiger partial charge in [0, 0.05) is 24.1 Å². The first-order valence-corrected chi connectivity index (χ1v) is 7.08. The van der Waals surface area contributed by atoms with Gasteiger partial charge in [-0.1, -0.05) is 12.1 Å². The summed E-state index contributed by atoms with van der Waals surface area (Å²) in [6, 6.07) is 4.67. The van der Waals surface area contributed by atoms with Gasteiger partial charge < -0.3 is 14.8 Å².